The number of nitrogens with zero attached hydrogens (tertiary/aromatic N) is 1. The number of nitro groups is 1. The van der Waals surface area contributed by atoms with Gasteiger partial charge in [-0.05, 0) is 31.5 Å². The number of benzene rings is 1. The van der Waals surface area contributed by atoms with Crippen LogP contribution in [-0.2, 0) is 0 Å². The van der Waals surface area contributed by atoms with E-state index in [0.717, 1.165) is 0 Å². The van der Waals surface area contributed by atoms with Gasteiger partial charge in [-0.2, -0.15) is 0 Å². The lowest BCUT2D eigenvalue weighted by atomic mass is 10.1. The van der Waals surface area contributed by atoms with Gasteiger partial charge in [-0.15, -0.1) is 0 Å². The highest BCUT2D eigenvalue weighted by atomic mass is 16.6. The number of ether oxygens (including phenoxy) is 2. The molecule has 0 aliphatic heterocycles. The smallest absolute Gasteiger partial charge is 0.243 e. The maximum Gasteiger partial charge on any atom is 0.243 e. The highest BCUT2D eigenvalue weighted by molar-refractivity contribution is 5.56. The zero-order chi connectivity index (χ0) is 13.7. The first-order valence-corrected chi connectivity index (χ1v) is 5.61. The third-order valence-electron chi connectivity index (χ3n) is 2.21. The van der Waals surface area contributed by atoms with Crippen LogP contribution >= 0.6 is 0 Å². The van der Waals surface area contributed by atoms with E-state index in [1.165, 1.54) is 20.1 Å². The van der Waals surface area contributed by atoms with E-state index >= 15 is 0 Å². The maximum atomic E-state index is 10.6. The number of methoxy groups -OCH3 is 1. The van der Waals surface area contributed by atoms with Crippen molar-refractivity contribution in [3.05, 3.63) is 39.6 Å². The molecule has 98 valence electrons. The minimum atomic E-state index is -0.426. The van der Waals surface area contributed by atoms with Gasteiger partial charge in [0.1, 0.15) is 0 Å². The second-order valence-corrected chi connectivity index (χ2v) is 4.12. The van der Waals surface area contributed by atoms with E-state index in [0.29, 0.717) is 17.1 Å². The standard InChI is InChI=1S/C13H17NO4/c1-9(2)18-12-6-5-11(8-13(12)17-4)7-10(3)14(15)16/h5-9H,1-4H3. The molecule has 0 unspecified atom stereocenters. The first kappa shape index (κ1) is 14.0. The van der Waals surface area contributed by atoms with Gasteiger partial charge in [-0.25, -0.2) is 0 Å². The topological polar surface area (TPSA) is 61.6 Å². The maximum absolute atomic E-state index is 10.6. The van der Waals surface area contributed by atoms with E-state index in [-0.39, 0.29) is 11.8 Å². The van der Waals surface area contributed by atoms with Gasteiger partial charge in [0, 0.05) is 13.0 Å². The van der Waals surface area contributed by atoms with Crippen LogP contribution in [0.2, 0.25) is 0 Å². The number of allylic oxidation sites excluding steroid dienone is 1. The summed E-state index contributed by atoms with van der Waals surface area (Å²) < 4.78 is 10.8. The van der Waals surface area contributed by atoms with Gasteiger partial charge in [0.05, 0.1) is 18.1 Å². The Balaban J connectivity index is 3.05. The van der Waals surface area contributed by atoms with Crippen LogP contribution in [0.3, 0.4) is 0 Å². The largest absolute Gasteiger partial charge is 0.493 e. The molecule has 18 heavy (non-hydrogen) atoms. The molecule has 0 radical (unpaired) electrons. The van der Waals surface area contributed by atoms with Gasteiger partial charge in [0.25, 0.3) is 0 Å². The normalized spacial score (nSPS) is 11.5. The van der Waals surface area contributed by atoms with Gasteiger partial charge >= 0.3 is 0 Å². The van der Waals surface area contributed by atoms with Gasteiger partial charge in [-0.1, -0.05) is 6.07 Å². The molecule has 0 saturated heterocycles. The van der Waals surface area contributed by atoms with Crippen molar-refractivity contribution in [2.24, 2.45) is 0 Å². The molecule has 0 saturated carbocycles. The first-order valence-electron chi connectivity index (χ1n) is 5.61. The molecule has 1 aromatic rings. The average molecular weight is 251 g/mol. The Kier molecular flexibility index (Phi) is 4.71. The van der Waals surface area contributed by atoms with Crippen LogP contribution in [-0.4, -0.2) is 18.1 Å². The summed E-state index contributed by atoms with van der Waals surface area (Å²) in [5, 5.41) is 10.6. The molecule has 0 heterocycles. The third-order valence-corrected chi connectivity index (χ3v) is 2.21. The van der Waals surface area contributed by atoms with Crippen molar-refractivity contribution in [1.29, 1.82) is 0 Å². The fraction of sp³-hybridized carbons (Fsp3) is 0.385. The predicted molar refractivity (Wildman–Crippen MR) is 69.4 cm³/mol. The predicted octanol–water partition coefficient (Wildman–Crippen LogP) is 3.12. The summed E-state index contributed by atoms with van der Waals surface area (Å²) in [6, 6.07) is 5.22. The molecule has 0 amide bonds. The van der Waals surface area contributed by atoms with E-state index in [1.54, 1.807) is 18.2 Å². The molecular weight excluding hydrogens is 234 g/mol. The van der Waals surface area contributed by atoms with Crippen molar-refractivity contribution < 1.29 is 14.4 Å². The molecule has 0 aliphatic rings. The van der Waals surface area contributed by atoms with Crippen LogP contribution in [0.5, 0.6) is 11.5 Å². The number of hydrogen-bond acceptors (Lipinski definition) is 4. The Morgan fingerprint density at radius 3 is 2.56 bits per heavy atom. The van der Waals surface area contributed by atoms with Crippen molar-refractivity contribution in [2.75, 3.05) is 7.11 Å². The minimum Gasteiger partial charge on any atom is -0.493 e. The summed E-state index contributed by atoms with van der Waals surface area (Å²) in [6.45, 7) is 5.29. The highest BCUT2D eigenvalue weighted by Crippen LogP contribution is 2.29. The zero-order valence-electron chi connectivity index (χ0n) is 11.0. The molecule has 5 heteroatoms. The van der Waals surface area contributed by atoms with Crippen LogP contribution in [0.15, 0.2) is 23.9 Å². The molecule has 1 rings (SSSR count). The van der Waals surface area contributed by atoms with Crippen molar-refractivity contribution >= 4 is 6.08 Å². The molecule has 0 bridgehead atoms. The van der Waals surface area contributed by atoms with E-state index in [2.05, 4.69) is 0 Å². The highest BCUT2D eigenvalue weighted by Gasteiger charge is 2.08. The summed E-state index contributed by atoms with van der Waals surface area (Å²) in [5.41, 5.74) is 0.784. The third kappa shape index (κ3) is 3.76. The van der Waals surface area contributed by atoms with E-state index in [9.17, 15) is 10.1 Å². The molecule has 0 aliphatic carbocycles. The van der Waals surface area contributed by atoms with Crippen molar-refractivity contribution in [2.45, 2.75) is 26.9 Å². The average Bonchev–Trinajstić information content (AvgIpc) is 2.30. The molecule has 5 nitrogen and oxygen atoms in total. The number of rotatable bonds is 5. The van der Waals surface area contributed by atoms with Gasteiger partial charge in [0.15, 0.2) is 11.5 Å². The van der Waals surface area contributed by atoms with E-state index < -0.39 is 4.92 Å². The molecule has 0 N–H and O–H groups in total. The Morgan fingerprint density at radius 1 is 1.39 bits per heavy atom. The second-order valence-electron chi connectivity index (χ2n) is 4.12. The molecule has 1 aromatic carbocycles. The summed E-state index contributed by atoms with van der Waals surface area (Å²) in [4.78, 5) is 10.1. The molecule has 0 fully saturated rings. The fourth-order valence-corrected chi connectivity index (χ4v) is 1.42. The molecule has 0 atom stereocenters. The Bertz CT molecular complexity index is 466. The van der Waals surface area contributed by atoms with Gasteiger partial charge in [-0.3, -0.25) is 10.1 Å². The number of hydrogen-bond donors (Lipinski definition) is 0. The monoisotopic (exact) mass is 251 g/mol. The molecule has 0 spiro atoms. The van der Waals surface area contributed by atoms with E-state index in [1.807, 2.05) is 13.8 Å². The van der Waals surface area contributed by atoms with Crippen LogP contribution in [0.4, 0.5) is 0 Å². The molecule has 0 aromatic heterocycles. The minimum absolute atomic E-state index is 0.0424. The lowest BCUT2D eigenvalue weighted by molar-refractivity contribution is -0.422. The Labute approximate surface area is 106 Å². The van der Waals surface area contributed by atoms with Gasteiger partial charge in [0.2, 0.25) is 5.70 Å². The Hall–Kier alpha value is -2.04. The molecular formula is C13H17NO4. The lowest BCUT2D eigenvalue weighted by Crippen LogP contribution is -2.06. The summed E-state index contributed by atoms with van der Waals surface area (Å²) in [6.07, 6.45) is 1.53. The van der Waals surface area contributed by atoms with Crippen LogP contribution in [0.1, 0.15) is 26.3 Å². The van der Waals surface area contributed by atoms with E-state index in [4.69, 9.17) is 9.47 Å². The lowest BCUT2D eigenvalue weighted by Gasteiger charge is -2.13. The summed E-state index contributed by atoms with van der Waals surface area (Å²) in [5.74, 6) is 1.19. The van der Waals surface area contributed by atoms with Gasteiger partial charge < -0.3 is 9.47 Å². The van der Waals surface area contributed by atoms with Crippen LogP contribution in [0, 0.1) is 10.1 Å². The SMILES string of the molecule is COc1cc(C=C(C)[N+](=O)[O-])ccc1OC(C)C. The summed E-state index contributed by atoms with van der Waals surface area (Å²) >= 11 is 0. The van der Waals surface area contributed by atoms with Crippen molar-refractivity contribution in [3.8, 4) is 11.5 Å². The second kappa shape index (κ2) is 6.05. The van der Waals surface area contributed by atoms with Crippen LogP contribution in [0.25, 0.3) is 6.08 Å². The van der Waals surface area contributed by atoms with Crippen LogP contribution < -0.4 is 9.47 Å². The zero-order valence-corrected chi connectivity index (χ0v) is 11.0. The van der Waals surface area contributed by atoms with Crippen molar-refractivity contribution in [1.82, 2.24) is 0 Å². The Morgan fingerprint density at radius 2 is 2.06 bits per heavy atom. The quantitative estimate of drug-likeness (QED) is 0.595. The first-order chi connectivity index (χ1) is 8.43. The summed E-state index contributed by atoms with van der Waals surface area (Å²) in [7, 11) is 1.54. The van der Waals surface area contributed by atoms with Crippen molar-refractivity contribution in [3.63, 3.8) is 0 Å². The fourth-order valence-electron chi connectivity index (χ4n) is 1.42.